The number of hydrogen-bond acceptors (Lipinski definition) is 2. The average Bonchev–Trinajstić information content (AvgIpc) is 2.51. The SMILES string of the molecule is NC1CCCC(F)(c2sccc2Br)C1. The number of alkyl halides is 1. The van der Waals surface area contributed by atoms with Crippen molar-refractivity contribution in [3.63, 3.8) is 0 Å². The number of rotatable bonds is 1. The van der Waals surface area contributed by atoms with Crippen molar-refractivity contribution in [1.29, 1.82) is 0 Å². The fourth-order valence-electron chi connectivity index (χ4n) is 2.08. The van der Waals surface area contributed by atoms with Gasteiger partial charge in [0.2, 0.25) is 0 Å². The summed E-state index contributed by atoms with van der Waals surface area (Å²) in [4.78, 5) is 0.813. The maximum atomic E-state index is 14.5. The molecule has 0 saturated heterocycles. The molecule has 0 spiro atoms. The van der Waals surface area contributed by atoms with Crippen molar-refractivity contribution in [2.75, 3.05) is 0 Å². The number of hydrogen-bond donors (Lipinski definition) is 1. The molecule has 1 aliphatic rings. The highest BCUT2D eigenvalue weighted by Crippen LogP contribution is 2.45. The van der Waals surface area contributed by atoms with Crippen molar-refractivity contribution in [2.45, 2.75) is 37.4 Å². The Morgan fingerprint density at radius 2 is 2.43 bits per heavy atom. The van der Waals surface area contributed by atoms with Gasteiger partial charge in [-0.25, -0.2) is 4.39 Å². The van der Waals surface area contributed by atoms with Gasteiger partial charge in [0.15, 0.2) is 0 Å². The van der Waals surface area contributed by atoms with Crippen LogP contribution in [0, 0.1) is 0 Å². The molecule has 1 saturated carbocycles. The van der Waals surface area contributed by atoms with E-state index in [0.29, 0.717) is 12.8 Å². The molecular formula is C10H13BrFNS. The van der Waals surface area contributed by atoms with E-state index in [0.717, 1.165) is 22.2 Å². The lowest BCUT2D eigenvalue weighted by atomic mass is 9.82. The highest BCUT2D eigenvalue weighted by Gasteiger charge is 2.39. The van der Waals surface area contributed by atoms with E-state index in [9.17, 15) is 4.39 Å². The van der Waals surface area contributed by atoms with Crippen molar-refractivity contribution in [3.8, 4) is 0 Å². The second-order valence-corrected chi connectivity index (χ2v) is 5.69. The van der Waals surface area contributed by atoms with E-state index >= 15 is 0 Å². The van der Waals surface area contributed by atoms with E-state index in [-0.39, 0.29) is 6.04 Å². The van der Waals surface area contributed by atoms with Crippen LogP contribution >= 0.6 is 27.3 Å². The molecule has 1 aliphatic carbocycles. The standard InChI is InChI=1S/C10H13BrFNS/c11-8-3-5-14-9(8)10(12)4-1-2-7(13)6-10/h3,5,7H,1-2,4,6,13H2. The third-order valence-electron chi connectivity index (χ3n) is 2.76. The van der Waals surface area contributed by atoms with Gasteiger partial charge in [0, 0.05) is 16.9 Å². The van der Waals surface area contributed by atoms with Crippen LogP contribution < -0.4 is 5.73 Å². The summed E-state index contributed by atoms with van der Waals surface area (Å²) >= 11 is 4.87. The molecule has 0 aliphatic heterocycles. The molecule has 2 atom stereocenters. The van der Waals surface area contributed by atoms with Crippen LogP contribution in [-0.2, 0) is 5.67 Å². The lowest BCUT2D eigenvalue weighted by molar-refractivity contribution is 0.0981. The first-order valence-corrected chi connectivity index (χ1v) is 6.47. The second-order valence-electron chi connectivity index (χ2n) is 3.92. The van der Waals surface area contributed by atoms with Crippen LogP contribution in [0.25, 0.3) is 0 Å². The molecule has 2 unspecified atom stereocenters. The van der Waals surface area contributed by atoms with Gasteiger partial charge < -0.3 is 5.73 Å². The second kappa shape index (κ2) is 3.91. The molecule has 1 heterocycles. The number of halogens is 2. The molecule has 4 heteroatoms. The summed E-state index contributed by atoms with van der Waals surface area (Å²) in [5, 5.41) is 1.92. The van der Waals surface area contributed by atoms with Crippen molar-refractivity contribution < 1.29 is 4.39 Å². The van der Waals surface area contributed by atoms with Gasteiger partial charge in [0.25, 0.3) is 0 Å². The highest BCUT2D eigenvalue weighted by atomic mass is 79.9. The van der Waals surface area contributed by atoms with E-state index in [2.05, 4.69) is 15.9 Å². The Balaban J connectivity index is 2.27. The topological polar surface area (TPSA) is 26.0 Å². The van der Waals surface area contributed by atoms with Crippen molar-refractivity contribution in [1.82, 2.24) is 0 Å². The summed E-state index contributed by atoms with van der Waals surface area (Å²) in [6.45, 7) is 0. The monoisotopic (exact) mass is 277 g/mol. The Bertz CT molecular complexity index is 328. The smallest absolute Gasteiger partial charge is 0.147 e. The third kappa shape index (κ3) is 1.88. The quantitative estimate of drug-likeness (QED) is 0.835. The summed E-state index contributed by atoms with van der Waals surface area (Å²) in [7, 11) is 0. The molecule has 0 amide bonds. The van der Waals surface area contributed by atoms with Crippen LogP contribution in [0.15, 0.2) is 15.9 Å². The Morgan fingerprint density at radius 1 is 1.64 bits per heavy atom. The fourth-order valence-corrected chi connectivity index (χ4v) is 3.94. The largest absolute Gasteiger partial charge is 0.328 e. The minimum absolute atomic E-state index is 0.0164. The van der Waals surface area contributed by atoms with Gasteiger partial charge in [-0.05, 0) is 46.6 Å². The van der Waals surface area contributed by atoms with Crippen LogP contribution in [0.3, 0.4) is 0 Å². The van der Waals surface area contributed by atoms with E-state index < -0.39 is 5.67 Å². The summed E-state index contributed by atoms with van der Waals surface area (Å²) in [5.74, 6) is 0. The molecule has 1 aromatic heterocycles. The van der Waals surface area contributed by atoms with Crippen molar-refractivity contribution in [2.24, 2.45) is 5.73 Å². The lowest BCUT2D eigenvalue weighted by Crippen LogP contribution is -2.35. The molecule has 14 heavy (non-hydrogen) atoms. The summed E-state index contributed by atoms with van der Waals surface area (Å²) in [5.41, 5.74) is 4.63. The summed E-state index contributed by atoms with van der Waals surface area (Å²) in [6, 6.07) is 1.92. The van der Waals surface area contributed by atoms with Gasteiger partial charge in [-0.3, -0.25) is 0 Å². The van der Waals surface area contributed by atoms with Crippen LogP contribution in [-0.4, -0.2) is 6.04 Å². The van der Waals surface area contributed by atoms with Crippen LogP contribution in [0.4, 0.5) is 4.39 Å². The van der Waals surface area contributed by atoms with Crippen molar-refractivity contribution in [3.05, 3.63) is 20.8 Å². The van der Waals surface area contributed by atoms with Crippen molar-refractivity contribution >= 4 is 27.3 Å². The summed E-state index contributed by atoms with van der Waals surface area (Å²) < 4.78 is 15.4. The number of nitrogens with two attached hydrogens (primary N) is 1. The highest BCUT2D eigenvalue weighted by molar-refractivity contribution is 9.10. The average molecular weight is 278 g/mol. The van der Waals surface area contributed by atoms with E-state index in [1.54, 1.807) is 0 Å². The Morgan fingerprint density at radius 3 is 3.00 bits per heavy atom. The molecule has 0 bridgehead atoms. The van der Waals surface area contributed by atoms with E-state index in [1.807, 2.05) is 11.4 Å². The summed E-state index contributed by atoms with van der Waals surface area (Å²) in [6.07, 6.45) is 2.92. The molecule has 1 aromatic rings. The van der Waals surface area contributed by atoms with Gasteiger partial charge in [0.1, 0.15) is 5.67 Å². The van der Waals surface area contributed by atoms with Gasteiger partial charge >= 0.3 is 0 Å². The molecule has 1 nitrogen and oxygen atoms in total. The number of thiophene rings is 1. The van der Waals surface area contributed by atoms with Gasteiger partial charge in [0.05, 0.1) is 4.88 Å². The Kier molecular flexibility index (Phi) is 2.96. The zero-order chi connectivity index (χ0) is 10.2. The minimum atomic E-state index is -1.19. The van der Waals surface area contributed by atoms with Gasteiger partial charge in [-0.2, -0.15) is 0 Å². The Labute approximate surface area is 95.6 Å². The van der Waals surface area contributed by atoms with Gasteiger partial charge in [-0.1, -0.05) is 0 Å². The first-order valence-electron chi connectivity index (χ1n) is 4.80. The first kappa shape index (κ1) is 10.6. The molecular weight excluding hydrogens is 265 g/mol. The molecule has 0 aromatic carbocycles. The van der Waals surface area contributed by atoms with E-state index in [1.165, 1.54) is 11.3 Å². The predicted molar refractivity (Wildman–Crippen MR) is 61.2 cm³/mol. The third-order valence-corrected chi connectivity index (χ3v) is 4.77. The predicted octanol–water partition coefficient (Wildman–Crippen LogP) is 3.58. The Hall–Kier alpha value is 0.0700. The molecule has 1 fully saturated rings. The maximum absolute atomic E-state index is 14.5. The molecule has 2 N–H and O–H groups in total. The zero-order valence-electron chi connectivity index (χ0n) is 7.80. The van der Waals surface area contributed by atoms with E-state index in [4.69, 9.17) is 5.73 Å². The minimum Gasteiger partial charge on any atom is -0.328 e. The van der Waals surface area contributed by atoms with Crippen LogP contribution in [0.5, 0.6) is 0 Å². The molecule has 0 radical (unpaired) electrons. The maximum Gasteiger partial charge on any atom is 0.147 e. The fraction of sp³-hybridized carbons (Fsp3) is 0.600. The lowest BCUT2D eigenvalue weighted by Gasteiger charge is -2.32. The molecule has 2 rings (SSSR count). The van der Waals surface area contributed by atoms with Crippen LogP contribution in [0.2, 0.25) is 0 Å². The first-order chi connectivity index (χ1) is 6.62. The molecule has 78 valence electrons. The van der Waals surface area contributed by atoms with Gasteiger partial charge in [-0.15, -0.1) is 11.3 Å². The normalized spacial score (nSPS) is 33.2. The zero-order valence-corrected chi connectivity index (χ0v) is 10.2. The van der Waals surface area contributed by atoms with Crippen LogP contribution in [0.1, 0.15) is 30.6 Å².